The highest BCUT2D eigenvalue weighted by Gasteiger charge is 2.28. The van der Waals surface area contributed by atoms with E-state index in [4.69, 9.17) is 5.73 Å². The molecule has 0 bridgehead atoms. The van der Waals surface area contributed by atoms with Crippen molar-refractivity contribution >= 4 is 31.6 Å². The molecule has 1 fully saturated rings. The third-order valence-corrected chi connectivity index (χ3v) is 6.08. The lowest BCUT2D eigenvalue weighted by Gasteiger charge is -2.22. The normalized spacial score (nSPS) is 23.8. The highest BCUT2D eigenvalue weighted by atomic mass is 79.9. The molecule has 0 amide bonds. The van der Waals surface area contributed by atoms with Crippen LogP contribution in [0.4, 0.5) is 10.1 Å². The van der Waals surface area contributed by atoms with Gasteiger partial charge in [0.15, 0.2) is 0 Å². The van der Waals surface area contributed by atoms with Crippen molar-refractivity contribution < 1.29 is 17.9 Å². The Balaban J connectivity index is 2.27. The van der Waals surface area contributed by atoms with Gasteiger partial charge in [0.05, 0.1) is 16.7 Å². The first-order valence-electron chi connectivity index (χ1n) is 6.76. The summed E-state index contributed by atoms with van der Waals surface area (Å²) < 4.78 is 40.7. The number of aliphatic hydroxyl groups excluding tert-OH is 1. The highest BCUT2D eigenvalue weighted by molar-refractivity contribution is 9.10. The predicted molar refractivity (Wildman–Crippen MR) is 81.7 cm³/mol. The van der Waals surface area contributed by atoms with Gasteiger partial charge in [0.2, 0.25) is 10.0 Å². The number of nitrogen functional groups attached to an aromatic ring is 1. The monoisotopic (exact) mass is 380 g/mol. The van der Waals surface area contributed by atoms with Crippen molar-refractivity contribution in [3.63, 3.8) is 0 Å². The van der Waals surface area contributed by atoms with Crippen molar-refractivity contribution in [1.82, 2.24) is 4.72 Å². The third kappa shape index (κ3) is 3.94. The lowest BCUT2D eigenvalue weighted by atomic mass is 10.1. The predicted octanol–water partition coefficient (Wildman–Crippen LogP) is 2.14. The Bertz CT molecular complexity index is 624. The number of nitrogens with two attached hydrogens (primary N) is 1. The largest absolute Gasteiger partial charge is 0.396 e. The van der Waals surface area contributed by atoms with Crippen LogP contribution in [0.3, 0.4) is 0 Å². The van der Waals surface area contributed by atoms with Crippen LogP contribution in [0.5, 0.6) is 0 Å². The fourth-order valence-electron chi connectivity index (χ4n) is 2.44. The van der Waals surface area contributed by atoms with E-state index in [1.165, 1.54) is 0 Å². The average molecular weight is 381 g/mol. The molecular formula is C13H18BrFN2O3S. The molecule has 1 saturated carbocycles. The van der Waals surface area contributed by atoms with E-state index in [0.29, 0.717) is 12.8 Å². The second kappa shape index (κ2) is 6.60. The first kappa shape index (κ1) is 16.7. The quantitative estimate of drug-likeness (QED) is 0.553. The Hall–Kier alpha value is -0.700. The zero-order chi connectivity index (χ0) is 15.6. The Kier molecular flexibility index (Phi) is 5.24. The second-order valence-corrected chi connectivity index (χ2v) is 7.77. The van der Waals surface area contributed by atoms with Crippen molar-refractivity contribution in [3.8, 4) is 0 Å². The molecule has 0 spiro atoms. The summed E-state index contributed by atoms with van der Waals surface area (Å²) in [5, 5.41) is 10.0. The SMILES string of the molecule is Nc1cc(S(=O)(=O)NC2CCCCCC2O)c(Br)cc1F. The van der Waals surface area contributed by atoms with Crippen molar-refractivity contribution in [2.24, 2.45) is 0 Å². The van der Waals surface area contributed by atoms with E-state index in [-0.39, 0.29) is 15.1 Å². The van der Waals surface area contributed by atoms with Gasteiger partial charge in [-0.05, 0) is 40.9 Å². The minimum absolute atomic E-state index is 0.102. The zero-order valence-corrected chi connectivity index (χ0v) is 13.8. The van der Waals surface area contributed by atoms with Crippen LogP contribution in [0.2, 0.25) is 0 Å². The second-order valence-electron chi connectivity index (χ2n) is 5.24. The van der Waals surface area contributed by atoms with Gasteiger partial charge in [-0.1, -0.05) is 19.3 Å². The number of hydrogen-bond donors (Lipinski definition) is 3. The molecule has 2 atom stereocenters. The van der Waals surface area contributed by atoms with E-state index in [1.807, 2.05) is 0 Å². The van der Waals surface area contributed by atoms with Crippen molar-refractivity contribution in [3.05, 3.63) is 22.4 Å². The summed E-state index contributed by atoms with van der Waals surface area (Å²) in [5.41, 5.74) is 5.20. The molecule has 0 aromatic heterocycles. The van der Waals surface area contributed by atoms with Gasteiger partial charge in [-0.15, -0.1) is 0 Å². The molecule has 2 rings (SSSR count). The standard InChI is InChI=1S/C13H18BrFN2O3S/c14-8-6-9(15)10(16)7-13(8)21(19,20)17-11-4-2-1-3-5-12(11)18/h6-7,11-12,17-18H,1-5,16H2. The summed E-state index contributed by atoms with van der Waals surface area (Å²) in [6, 6.07) is 1.56. The molecule has 8 heteroatoms. The van der Waals surface area contributed by atoms with Gasteiger partial charge in [0, 0.05) is 10.5 Å². The van der Waals surface area contributed by atoms with E-state index in [2.05, 4.69) is 20.7 Å². The Morgan fingerprint density at radius 3 is 2.67 bits per heavy atom. The number of halogens is 2. The molecule has 1 aromatic rings. The van der Waals surface area contributed by atoms with Gasteiger partial charge in [0.1, 0.15) is 5.82 Å². The number of benzene rings is 1. The van der Waals surface area contributed by atoms with Crippen LogP contribution in [-0.2, 0) is 10.0 Å². The summed E-state index contributed by atoms with van der Waals surface area (Å²) in [7, 11) is -3.88. The van der Waals surface area contributed by atoms with Crippen LogP contribution >= 0.6 is 15.9 Å². The molecular weight excluding hydrogens is 363 g/mol. The van der Waals surface area contributed by atoms with Gasteiger partial charge >= 0.3 is 0 Å². The molecule has 118 valence electrons. The van der Waals surface area contributed by atoms with Gasteiger partial charge in [-0.2, -0.15) is 0 Å². The maximum Gasteiger partial charge on any atom is 0.242 e. The van der Waals surface area contributed by atoms with Crippen LogP contribution in [0, 0.1) is 5.82 Å². The van der Waals surface area contributed by atoms with Crippen molar-refractivity contribution in [2.75, 3.05) is 5.73 Å². The number of anilines is 1. The molecule has 2 unspecified atom stereocenters. The van der Waals surface area contributed by atoms with Crippen molar-refractivity contribution in [2.45, 2.75) is 49.1 Å². The zero-order valence-electron chi connectivity index (χ0n) is 11.4. The molecule has 4 N–H and O–H groups in total. The first-order valence-corrected chi connectivity index (χ1v) is 9.04. The highest BCUT2D eigenvalue weighted by Crippen LogP contribution is 2.28. The van der Waals surface area contributed by atoms with Gasteiger partial charge in [-0.3, -0.25) is 0 Å². The summed E-state index contributed by atoms with van der Waals surface area (Å²) >= 11 is 3.04. The van der Waals surface area contributed by atoms with E-state index in [9.17, 15) is 17.9 Å². The summed E-state index contributed by atoms with van der Waals surface area (Å²) in [5.74, 6) is -0.685. The summed E-state index contributed by atoms with van der Waals surface area (Å²) in [4.78, 5) is -0.127. The lowest BCUT2D eigenvalue weighted by molar-refractivity contribution is 0.130. The summed E-state index contributed by atoms with van der Waals surface area (Å²) in [6.07, 6.45) is 3.15. The fraction of sp³-hybridized carbons (Fsp3) is 0.538. The molecule has 0 aliphatic heterocycles. The molecule has 1 aliphatic rings. The Morgan fingerprint density at radius 1 is 1.29 bits per heavy atom. The molecule has 21 heavy (non-hydrogen) atoms. The Morgan fingerprint density at radius 2 is 1.95 bits per heavy atom. The smallest absolute Gasteiger partial charge is 0.242 e. The van der Waals surface area contributed by atoms with Crippen LogP contribution in [0.25, 0.3) is 0 Å². The molecule has 0 heterocycles. The number of hydrogen-bond acceptors (Lipinski definition) is 4. The third-order valence-electron chi connectivity index (χ3n) is 3.63. The number of aliphatic hydroxyl groups is 1. The number of rotatable bonds is 3. The van der Waals surface area contributed by atoms with E-state index in [0.717, 1.165) is 31.4 Å². The van der Waals surface area contributed by atoms with Crippen molar-refractivity contribution in [1.29, 1.82) is 0 Å². The minimum atomic E-state index is -3.88. The van der Waals surface area contributed by atoms with Crippen LogP contribution in [0.1, 0.15) is 32.1 Å². The van der Waals surface area contributed by atoms with Crippen LogP contribution in [-0.4, -0.2) is 25.7 Å². The maximum atomic E-state index is 13.3. The van der Waals surface area contributed by atoms with Gasteiger partial charge < -0.3 is 10.8 Å². The maximum absolute atomic E-state index is 13.3. The van der Waals surface area contributed by atoms with Crippen LogP contribution in [0.15, 0.2) is 21.5 Å². The topological polar surface area (TPSA) is 92.4 Å². The summed E-state index contributed by atoms with van der Waals surface area (Å²) in [6.45, 7) is 0. The fourth-order valence-corrected chi connectivity index (χ4v) is 4.79. The number of sulfonamides is 1. The lowest BCUT2D eigenvalue weighted by Crippen LogP contribution is -2.42. The molecule has 1 aliphatic carbocycles. The van der Waals surface area contributed by atoms with E-state index >= 15 is 0 Å². The number of nitrogens with one attached hydrogen (secondary N) is 1. The van der Waals surface area contributed by atoms with Gasteiger partial charge in [0.25, 0.3) is 0 Å². The molecule has 1 aromatic carbocycles. The van der Waals surface area contributed by atoms with Gasteiger partial charge in [-0.25, -0.2) is 17.5 Å². The molecule has 0 saturated heterocycles. The van der Waals surface area contributed by atoms with Crippen LogP contribution < -0.4 is 10.5 Å². The Labute approximate surface area is 131 Å². The first-order chi connectivity index (χ1) is 9.81. The van der Waals surface area contributed by atoms with E-state index < -0.39 is 28.0 Å². The molecule has 0 radical (unpaired) electrons. The molecule has 5 nitrogen and oxygen atoms in total. The average Bonchev–Trinajstić information content (AvgIpc) is 2.59. The van der Waals surface area contributed by atoms with E-state index in [1.54, 1.807) is 0 Å². The minimum Gasteiger partial charge on any atom is -0.396 e.